The Bertz CT molecular complexity index is 769. The zero-order valence-corrected chi connectivity index (χ0v) is 15.5. The SMILES string of the molecule is Cc1ccc(-n2c(C)cc(/C=N\NC(=O)CC(C)C)c2C)c(C)c1. The molecule has 0 atom stereocenters. The van der Waals surface area contributed by atoms with Crippen molar-refractivity contribution in [3.63, 3.8) is 0 Å². The minimum atomic E-state index is -0.0514. The van der Waals surface area contributed by atoms with Gasteiger partial charge in [-0.3, -0.25) is 4.79 Å². The molecule has 1 aromatic heterocycles. The number of aromatic nitrogens is 1. The topological polar surface area (TPSA) is 46.4 Å². The van der Waals surface area contributed by atoms with Crippen molar-refractivity contribution >= 4 is 12.1 Å². The highest BCUT2D eigenvalue weighted by Crippen LogP contribution is 2.23. The highest BCUT2D eigenvalue weighted by Gasteiger charge is 2.11. The number of nitrogens with zero attached hydrogens (tertiary/aromatic N) is 2. The number of benzene rings is 1. The molecular formula is C20H27N3O. The first kappa shape index (κ1) is 18.0. The van der Waals surface area contributed by atoms with Crippen LogP contribution in [0.3, 0.4) is 0 Å². The maximum absolute atomic E-state index is 11.7. The van der Waals surface area contributed by atoms with Crippen LogP contribution >= 0.6 is 0 Å². The number of carbonyl (C=O) groups excluding carboxylic acids is 1. The van der Waals surface area contributed by atoms with Gasteiger partial charge in [0.25, 0.3) is 0 Å². The maximum atomic E-state index is 11.7. The Balaban J connectivity index is 2.24. The van der Waals surface area contributed by atoms with E-state index in [9.17, 15) is 4.79 Å². The largest absolute Gasteiger partial charge is 0.318 e. The molecule has 0 unspecified atom stereocenters. The number of hydrazone groups is 1. The smallest absolute Gasteiger partial charge is 0.240 e. The van der Waals surface area contributed by atoms with E-state index >= 15 is 0 Å². The average molecular weight is 325 g/mol. The lowest BCUT2D eigenvalue weighted by Gasteiger charge is -2.13. The van der Waals surface area contributed by atoms with Crippen LogP contribution in [0.5, 0.6) is 0 Å². The highest BCUT2D eigenvalue weighted by molar-refractivity contribution is 5.84. The van der Waals surface area contributed by atoms with Crippen LogP contribution in [0.25, 0.3) is 5.69 Å². The Morgan fingerprint density at radius 1 is 1.21 bits per heavy atom. The van der Waals surface area contributed by atoms with E-state index in [1.54, 1.807) is 6.21 Å². The van der Waals surface area contributed by atoms with Gasteiger partial charge in [-0.05, 0) is 51.3 Å². The molecule has 2 rings (SSSR count). The molecule has 1 aromatic carbocycles. The Kier molecular flexibility index (Phi) is 5.60. The van der Waals surface area contributed by atoms with E-state index in [1.807, 2.05) is 13.8 Å². The van der Waals surface area contributed by atoms with Gasteiger partial charge in [-0.1, -0.05) is 31.5 Å². The van der Waals surface area contributed by atoms with Crippen molar-refractivity contribution in [1.29, 1.82) is 0 Å². The predicted molar refractivity (Wildman–Crippen MR) is 99.9 cm³/mol. The average Bonchev–Trinajstić information content (AvgIpc) is 2.74. The molecule has 1 N–H and O–H groups in total. The van der Waals surface area contributed by atoms with Gasteiger partial charge >= 0.3 is 0 Å². The molecule has 0 spiro atoms. The first-order valence-corrected chi connectivity index (χ1v) is 8.38. The van der Waals surface area contributed by atoms with E-state index in [1.165, 1.54) is 16.8 Å². The van der Waals surface area contributed by atoms with Crippen molar-refractivity contribution in [2.24, 2.45) is 11.0 Å². The molecule has 24 heavy (non-hydrogen) atoms. The number of aryl methyl sites for hydroxylation is 3. The second-order valence-corrected chi connectivity index (χ2v) is 6.84. The Morgan fingerprint density at radius 3 is 2.54 bits per heavy atom. The Morgan fingerprint density at radius 2 is 1.92 bits per heavy atom. The molecule has 0 aliphatic heterocycles. The number of hydrogen-bond acceptors (Lipinski definition) is 2. The van der Waals surface area contributed by atoms with Crippen LogP contribution in [0.15, 0.2) is 29.4 Å². The Hall–Kier alpha value is -2.36. The summed E-state index contributed by atoms with van der Waals surface area (Å²) in [5.41, 5.74) is 9.55. The molecule has 4 heteroatoms. The van der Waals surface area contributed by atoms with Crippen molar-refractivity contribution in [1.82, 2.24) is 9.99 Å². The van der Waals surface area contributed by atoms with Gasteiger partial charge < -0.3 is 4.57 Å². The van der Waals surface area contributed by atoms with Crippen LogP contribution in [0.1, 0.15) is 48.3 Å². The second kappa shape index (κ2) is 7.47. The third kappa shape index (κ3) is 4.13. The van der Waals surface area contributed by atoms with Crippen LogP contribution < -0.4 is 5.43 Å². The third-order valence-electron chi connectivity index (χ3n) is 4.05. The Labute approximate surface area is 144 Å². The first-order valence-electron chi connectivity index (χ1n) is 8.38. The van der Waals surface area contributed by atoms with Gasteiger partial charge in [0.2, 0.25) is 5.91 Å². The van der Waals surface area contributed by atoms with Crippen molar-refractivity contribution in [3.8, 4) is 5.69 Å². The quantitative estimate of drug-likeness (QED) is 0.650. The second-order valence-electron chi connectivity index (χ2n) is 6.84. The molecule has 0 aliphatic rings. The fourth-order valence-corrected chi connectivity index (χ4v) is 2.94. The van der Waals surface area contributed by atoms with Crippen molar-refractivity contribution < 1.29 is 4.79 Å². The lowest BCUT2D eigenvalue weighted by molar-refractivity contribution is -0.121. The van der Waals surface area contributed by atoms with E-state index in [2.05, 4.69) is 67.1 Å². The van der Waals surface area contributed by atoms with E-state index in [0.29, 0.717) is 12.3 Å². The molecule has 0 bridgehead atoms. The van der Waals surface area contributed by atoms with E-state index in [-0.39, 0.29) is 5.91 Å². The highest BCUT2D eigenvalue weighted by atomic mass is 16.2. The van der Waals surface area contributed by atoms with Gasteiger partial charge in [-0.25, -0.2) is 5.43 Å². The normalized spacial score (nSPS) is 11.5. The molecule has 128 valence electrons. The predicted octanol–water partition coefficient (Wildman–Crippen LogP) is 4.21. The summed E-state index contributed by atoms with van der Waals surface area (Å²) in [5.74, 6) is 0.277. The van der Waals surface area contributed by atoms with Crippen LogP contribution in [-0.2, 0) is 4.79 Å². The van der Waals surface area contributed by atoms with Crippen LogP contribution in [0, 0.1) is 33.6 Å². The number of amides is 1. The zero-order valence-electron chi connectivity index (χ0n) is 15.5. The number of rotatable bonds is 5. The molecule has 2 aromatic rings. The van der Waals surface area contributed by atoms with Crippen LogP contribution in [0.2, 0.25) is 0 Å². The van der Waals surface area contributed by atoms with Gasteiger partial charge in [0.05, 0.1) is 6.21 Å². The molecule has 0 radical (unpaired) electrons. The summed E-state index contributed by atoms with van der Waals surface area (Å²) < 4.78 is 2.23. The maximum Gasteiger partial charge on any atom is 0.240 e. The minimum absolute atomic E-state index is 0.0514. The lowest BCUT2D eigenvalue weighted by atomic mass is 10.1. The van der Waals surface area contributed by atoms with E-state index in [4.69, 9.17) is 0 Å². The van der Waals surface area contributed by atoms with Gasteiger partial charge in [0.1, 0.15) is 0 Å². The van der Waals surface area contributed by atoms with E-state index < -0.39 is 0 Å². The van der Waals surface area contributed by atoms with Crippen LogP contribution in [0.4, 0.5) is 0 Å². The van der Waals surface area contributed by atoms with Gasteiger partial charge in [-0.2, -0.15) is 5.10 Å². The third-order valence-corrected chi connectivity index (χ3v) is 4.05. The monoisotopic (exact) mass is 325 g/mol. The van der Waals surface area contributed by atoms with Crippen LogP contribution in [-0.4, -0.2) is 16.7 Å². The standard InChI is InChI=1S/C20H27N3O/c1-13(2)9-20(24)22-21-12-18-11-16(5)23(17(18)6)19-8-7-14(3)10-15(19)4/h7-8,10-13H,9H2,1-6H3,(H,22,24)/b21-12-. The summed E-state index contributed by atoms with van der Waals surface area (Å²) in [6, 6.07) is 8.55. The van der Waals surface area contributed by atoms with Crippen molar-refractivity contribution in [2.75, 3.05) is 0 Å². The van der Waals surface area contributed by atoms with Crippen molar-refractivity contribution in [3.05, 3.63) is 52.3 Å². The number of hydrogen-bond donors (Lipinski definition) is 1. The van der Waals surface area contributed by atoms with Gasteiger partial charge in [-0.15, -0.1) is 0 Å². The molecule has 0 fully saturated rings. The first-order chi connectivity index (χ1) is 11.3. The zero-order chi connectivity index (χ0) is 17.9. The summed E-state index contributed by atoms with van der Waals surface area (Å²) in [5, 5.41) is 4.10. The summed E-state index contributed by atoms with van der Waals surface area (Å²) in [6.45, 7) is 12.4. The number of nitrogens with one attached hydrogen (secondary N) is 1. The summed E-state index contributed by atoms with van der Waals surface area (Å²) in [6.07, 6.45) is 2.21. The fraction of sp³-hybridized carbons (Fsp3) is 0.400. The molecule has 0 saturated carbocycles. The number of carbonyl (C=O) groups is 1. The molecule has 1 amide bonds. The molecular weight excluding hydrogens is 298 g/mol. The molecule has 1 heterocycles. The molecule has 0 aliphatic carbocycles. The summed E-state index contributed by atoms with van der Waals surface area (Å²) in [7, 11) is 0. The molecule has 4 nitrogen and oxygen atoms in total. The minimum Gasteiger partial charge on any atom is -0.318 e. The lowest BCUT2D eigenvalue weighted by Crippen LogP contribution is -2.19. The summed E-state index contributed by atoms with van der Waals surface area (Å²) >= 11 is 0. The summed E-state index contributed by atoms with van der Waals surface area (Å²) in [4.78, 5) is 11.7. The van der Waals surface area contributed by atoms with Gasteiger partial charge in [0.15, 0.2) is 0 Å². The van der Waals surface area contributed by atoms with E-state index in [0.717, 1.165) is 17.0 Å². The fourth-order valence-electron chi connectivity index (χ4n) is 2.94. The molecule has 0 saturated heterocycles. The van der Waals surface area contributed by atoms with Gasteiger partial charge in [0, 0.05) is 29.1 Å². The van der Waals surface area contributed by atoms with Crippen molar-refractivity contribution in [2.45, 2.75) is 48.0 Å².